The van der Waals surface area contributed by atoms with Crippen LogP contribution in [0.5, 0.6) is 5.75 Å². The van der Waals surface area contributed by atoms with Gasteiger partial charge in [-0.3, -0.25) is 9.69 Å². The molecule has 156 valence electrons. The van der Waals surface area contributed by atoms with Crippen LogP contribution in [0.25, 0.3) is 33.2 Å². The third-order valence-corrected chi connectivity index (χ3v) is 5.33. The van der Waals surface area contributed by atoms with Gasteiger partial charge in [-0.15, -0.1) is 0 Å². The van der Waals surface area contributed by atoms with Crippen molar-refractivity contribution in [2.24, 2.45) is 0 Å². The van der Waals surface area contributed by atoms with E-state index in [4.69, 9.17) is 9.47 Å². The molecule has 30 heavy (non-hydrogen) atoms. The Kier molecular flexibility index (Phi) is 5.83. The number of carbonyl (C=O) groups excluding carboxylic acids is 1. The lowest BCUT2D eigenvalue weighted by atomic mass is 10.1. The lowest BCUT2D eigenvalue weighted by Crippen LogP contribution is -2.25. The molecular formula is C23H24BrN3O3. The molecule has 0 radical (unpaired) electrons. The van der Waals surface area contributed by atoms with E-state index in [2.05, 4.69) is 56.2 Å². The number of hydrogen-bond donors (Lipinski definition) is 2. The first-order valence-electron chi connectivity index (χ1n) is 9.74. The third kappa shape index (κ3) is 4.52. The Balaban J connectivity index is 1.49. The summed E-state index contributed by atoms with van der Waals surface area (Å²) in [7, 11) is 3.66. The molecule has 0 amide bonds. The number of esters is 1. The van der Waals surface area contributed by atoms with E-state index < -0.39 is 0 Å². The molecule has 0 aliphatic carbocycles. The molecule has 0 fully saturated rings. The van der Waals surface area contributed by atoms with Gasteiger partial charge in [0.05, 0.1) is 17.9 Å². The number of ether oxygens (including phenoxy) is 2. The summed E-state index contributed by atoms with van der Waals surface area (Å²) in [6.07, 6.45) is 0. The number of aryl methyl sites for hydroxylation is 1. The van der Waals surface area contributed by atoms with E-state index >= 15 is 0 Å². The summed E-state index contributed by atoms with van der Waals surface area (Å²) in [5, 5.41) is 2.28. The number of rotatable bonds is 7. The maximum absolute atomic E-state index is 11.6. The molecule has 0 aliphatic rings. The number of hydrogen-bond acceptors (Lipinski definition) is 4. The minimum Gasteiger partial charge on any atom is -0.490 e. The van der Waals surface area contributed by atoms with E-state index in [-0.39, 0.29) is 19.1 Å². The molecule has 4 aromatic rings. The Morgan fingerprint density at radius 1 is 0.967 bits per heavy atom. The van der Waals surface area contributed by atoms with Crippen molar-refractivity contribution in [3.05, 3.63) is 52.5 Å². The summed E-state index contributed by atoms with van der Waals surface area (Å²) in [6.45, 7) is 2.82. The van der Waals surface area contributed by atoms with Crippen LogP contribution in [0, 0.1) is 6.92 Å². The van der Waals surface area contributed by atoms with Crippen LogP contribution < -0.4 is 4.74 Å². The molecule has 2 N–H and O–H groups in total. The fourth-order valence-corrected chi connectivity index (χ4v) is 3.79. The van der Waals surface area contributed by atoms with Crippen LogP contribution in [0.3, 0.4) is 0 Å². The fourth-order valence-electron chi connectivity index (χ4n) is 3.43. The van der Waals surface area contributed by atoms with Gasteiger partial charge in [0.25, 0.3) is 0 Å². The molecule has 7 heteroatoms. The molecule has 0 atom stereocenters. The van der Waals surface area contributed by atoms with Gasteiger partial charge in [0, 0.05) is 32.3 Å². The Morgan fingerprint density at radius 2 is 1.67 bits per heavy atom. The maximum atomic E-state index is 11.6. The van der Waals surface area contributed by atoms with Gasteiger partial charge in [-0.2, -0.15) is 0 Å². The lowest BCUT2D eigenvalue weighted by molar-refractivity contribution is -0.145. The zero-order chi connectivity index (χ0) is 21.3. The summed E-state index contributed by atoms with van der Waals surface area (Å²) in [4.78, 5) is 20.3. The number of fused-ring (bicyclic) bond motifs is 2. The molecule has 2 aromatic carbocycles. The molecule has 0 bridgehead atoms. The second kappa shape index (κ2) is 8.53. The van der Waals surface area contributed by atoms with Gasteiger partial charge >= 0.3 is 5.97 Å². The second-order valence-corrected chi connectivity index (χ2v) is 8.52. The van der Waals surface area contributed by atoms with Gasteiger partial charge in [0.15, 0.2) is 0 Å². The van der Waals surface area contributed by atoms with Crippen LogP contribution >= 0.6 is 15.9 Å². The van der Waals surface area contributed by atoms with E-state index in [1.807, 2.05) is 33.2 Å². The predicted molar refractivity (Wildman–Crippen MR) is 123 cm³/mol. The van der Waals surface area contributed by atoms with Gasteiger partial charge in [-0.25, -0.2) is 0 Å². The molecule has 2 aromatic heterocycles. The maximum Gasteiger partial charge on any atom is 0.320 e. The fraction of sp³-hybridized carbons (Fsp3) is 0.261. The number of halogens is 1. The Labute approximate surface area is 183 Å². The van der Waals surface area contributed by atoms with E-state index in [0.717, 1.165) is 49.0 Å². The zero-order valence-electron chi connectivity index (χ0n) is 17.2. The minimum atomic E-state index is -0.254. The number of carbonyl (C=O) groups is 1. The van der Waals surface area contributed by atoms with Gasteiger partial charge in [-0.05, 0) is 56.9 Å². The number of aromatic amines is 2. The van der Waals surface area contributed by atoms with Crippen molar-refractivity contribution < 1.29 is 14.3 Å². The van der Waals surface area contributed by atoms with Crippen molar-refractivity contribution >= 4 is 43.7 Å². The summed E-state index contributed by atoms with van der Waals surface area (Å²) >= 11 is 3.51. The number of likely N-dealkylation sites (N-methyl/N-ethyl adjacent to an activating group) is 1. The van der Waals surface area contributed by atoms with Crippen molar-refractivity contribution in [1.29, 1.82) is 0 Å². The van der Waals surface area contributed by atoms with E-state index in [0.29, 0.717) is 6.61 Å². The standard InChI is InChI=1S/C23H24BrN3O3/c1-14-8-16-10-21(20-9-15-4-5-17(24)11-18(15)25-20)26-19(16)12-22(14)29-6-7-30-23(28)13-27(2)3/h4-5,8-12,25-26H,6-7,13H2,1-3H3. The number of H-pyrrole nitrogens is 2. The number of nitrogens with one attached hydrogen (secondary N) is 2. The SMILES string of the molecule is Cc1cc2cc(-c3cc4ccc(Br)cc4[nH]3)[nH]c2cc1OCCOC(=O)CN(C)C. The molecule has 6 nitrogen and oxygen atoms in total. The molecular weight excluding hydrogens is 446 g/mol. The van der Waals surface area contributed by atoms with Crippen LogP contribution in [0.2, 0.25) is 0 Å². The summed E-state index contributed by atoms with van der Waals surface area (Å²) in [5.41, 5.74) is 5.17. The molecule has 2 heterocycles. The van der Waals surface area contributed by atoms with Crippen LogP contribution in [-0.4, -0.2) is 54.7 Å². The summed E-state index contributed by atoms with van der Waals surface area (Å²) < 4.78 is 12.1. The van der Waals surface area contributed by atoms with Crippen LogP contribution in [-0.2, 0) is 9.53 Å². The normalized spacial score (nSPS) is 11.5. The van der Waals surface area contributed by atoms with Gasteiger partial charge in [0.2, 0.25) is 0 Å². The van der Waals surface area contributed by atoms with Crippen LogP contribution in [0.1, 0.15) is 5.56 Å². The van der Waals surface area contributed by atoms with Crippen molar-refractivity contribution in [3.8, 4) is 17.1 Å². The zero-order valence-corrected chi connectivity index (χ0v) is 18.8. The van der Waals surface area contributed by atoms with E-state index in [9.17, 15) is 4.79 Å². The molecule has 0 aliphatic heterocycles. The quantitative estimate of drug-likeness (QED) is 0.299. The first kappa shape index (κ1) is 20.5. The Bertz CT molecular complexity index is 1210. The molecule has 0 unspecified atom stereocenters. The van der Waals surface area contributed by atoms with E-state index in [1.165, 1.54) is 0 Å². The highest BCUT2D eigenvalue weighted by Crippen LogP contribution is 2.31. The Morgan fingerprint density at radius 3 is 2.40 bits per heavy atom. The summed E-state index contributed by atoms with van der Waals surface area (Å²) in [6, 6.07) is 14.6. The average Bonchev–Trinajstić information content (AvgIpc) is 3.27. The Hall–Kier alpha value is -2.77. The van der Waals surface area contributed by atoms with Crippen molar-refractivity contribution in [3.63, 3.8) is 0 Å². The molecule has 0 spiro atoms. The smallest absolute Gasteiger partial charge is 0.320 e. The first-order chi connectivity index (χ1) is 14.4. The molecule has 0 saturated heterocycles. The van der Waals surface area contributed by atoms with Gasteiger partial charge in [-0.1, -0.05) is 22.0 Å². The highest BCUT2D eigenvalue weighted by molar-refractivity contribution is 9.10. The third-order valence-electron chi connectivity index (χ3n) is 4.84. The first-order valence-corrected chi connectivity index (χ1v) is 10.5. The summed E-state index contributed by atoms with van der Waals surface area (Å²) in [5.74, 6) is 0.523. The number of benzene rings is 2. The van der Waals surface area contributed by atoms with Gasteiger partial charge in [0.1, 0.15) is 19.0 Å². The van der Waals surface area contributed by atoms with Crippen LogP contribution in [0.15, 0.2) is 46.9 Å². The van der Waals surface area contributed by atoms with E-state index in [1.54, 1.807) is 4.90 Å². The molecule has 0 saturated carbocycles. The predicted octanol–water partition coefficient (Wildman–Crippen LogP) is 4.87. The van der Waals surface area contributed by atoms with Crippen molar-refractivity contribution in [1.82, 2.24) is 14.9 Å². The monoisotopic (exact) mass is 469 g/mol. The van der Waals surface area contributed by atoms with Crippen molar-refractivity contribution in [2.45, 2.75) is 6.92 Å². The van der Waals surface area contributed by atoms with Crippen LogP contribution in [0.4, 0.5) is 0 Å². The highest BCUT2D eigenvalue weighted by atomic mass is 79.9. The largest absolute Gasteiger partial charge is 0.490 e. The number of aromatic nitrogens is 2. The average molecular weight is 470 g/mol. The lowest BCUT2D eigenvalue weighted by Gasteiger charge is -2.11. The second-order valence-electron chi connectivity index (χ2n) is 7.61. The topological polar surface area (TPSA) is 70.4 Å². The number of nitrogens with zero attached hydrogens (tertiary/aromatic N) is 1. The minimum absolute atomic E-state index is 0.227. The van der Waals surface area contributed by atoms with Crippen molar-refractivity contribution in [2.75, 3.05) is 33.9 Å². The molecule has 4 rings (SSSR count). The highest BCUT2D eigenvalue weighted by Gasteiger charge is 2.11. The van der Waals surface area contributed by atoms with Gasteiger partial charge < -0.3 is 19.4 Å².